The number of amidine groups is 1. The molecule has 0 aromatic rings. The van der Waals surface area contributed by atoms with Crippen LogP contribution in [0.4, 0.5) is 0 Å². The summed E-state index contributed by atoms with van der Waals surface area (Å²) >= 11 is 3.97. The number of hydrogen-bond acceptors (Lipinski definition) is 4. The van der Waals surface area contributed by atoms with Gasteiger partial charge >= 0.3 is 0 Å². The van der Waals surface area contributed by atoms with Crippen molar-refractivity contribution in [3.8, 4) is 0 Å². The van der Waals surface area contributed by atoms with Crippen molar-refractivity contribution < 1.29 is 0 Å². The molecule has 1 aliphatic carbocycles. The Morgan fingerprint density at radius 1 is 1.35 bits per heavy atom. The Hall–Kier alpha value is 0.170. The van der Waals surface area contributed by atoms with E-state index in [1.165, 1.54) is 30.9 Å². The average molecular weight is 272 g/mol. The number of thioether (sulfide) groups is 2. The molecule has 0 saturated heterocycles. The zero-order chi connectivity index (χ0) is 12.3. The van der Waals surface area contributed by atoms with Gasteiger partial charge in [0.2, 0.25) is 0 Å². The van der Waals surface area contributed by atoms with Crippen LogP contribution in [0.1, 0.15) is 39.5 Å². The molecule has 1 saturated carbocycles. The Balaban J connectivity index is 1.84. The van der Waals surface area contributed by atoms with Gasteiger partial charge in [-0.05, 0) is 25.0 Å². The van der Waals surface area contributed by atoms with Crippen molar-refractivity contribution in [3.63, 3.8) is 0 Å². The molecule has 2 nitrogen and oxygen atoms in total. The van der Waals surface area contributed by atoms with Crippen LogP contribution in [-0.4, -0.2) is 34.5 Å². The SMILES string of the molecule is CSC1CCCCC1NC1=NCC(C(C)C)S1. The van der Waals surface area contributed by atoms with Crippen LogP contribution in [0, 0.1) is 5.92 Å². The molecule has 1 heterocycles. The molecule has 1 fully saturated rings. The molecule has 0 aromatic heterocycles. The number of nitrogens with one attached hydrogen (secondary N) is 1. The van der Waals surface area contributed by atoms with Crippen molar-refractivity contribution in [3.05, 3.63) is 0 Å². The van der Waals surface area contributed by atoms with Crippen LogP contribution < -0.4 is 5.32 Å². The van der Waals surface area contributed by atoms with E-state index in [2.05, 4.69) is 30.4 Å². The highest BCUT2D eigenvalue weighted by Gasteiger charge is 2.28. The lowest BCUT2D eigenvalue weighted by Gasteiger charge is -2.31. The standard InChI is InChI=1S/C13H24N2S2/c1-9(2)12-8-14-13(17-12)15-10-6-4-5-7-11(10)16-3/h9-12H,4-8H2,1-3H3,(H,14,15). The van der Waals surface area contributed by atoms with Crippen molar-refractivity contribution >= 4 is 28.7 Å². The third kappa shape index (κ3) is 3.57. The Labute approximate surface area is 114 Å². The molecule has 0 aromatic carbocycles. The largest absolute Gasteiger partial charge is 0.361 e. The Morgan fingerprint density at radius 2 is 2.12 bits per heavy atom. The highest BCUT2D eigenvalue weighted by Crippen LogP contribution is 2.30. The molecule has 1 aliphatic heterocycles. The van der Waals surface area contributed by atoms with E-state index >= 15 is 0 Å². The van der Waals surface area contributed by atoms with E-state index in [9.17, 15) is 0 Å². The minimum Gasteiger partial charge on any atom is -0.361 e. The zero-order valence-corrected chi connectivity index (χ0v) is 12.7. The summed E-state index contributed by atoms with van der Waals surface area (Å²) in [5, 5.41) is 6.37. The number of nitrogens with zero attached hydrogens (tertiary/aromatic N) is 1. The van der Waals surface area contributed by atoms with Crippen LogP contribution in [0.3, 0.4) is 0 Å². The molecule has 0 radical (unpaired) electrons. The van der Waals surface area contributed by atoms with Gasteiger partial charge in [0.1, 0.15) is 0 Å². The van der Waals surface area contributed by atoms with Crippen molar-refractivity contribution in [2.75, 3.05) is 12.8 Å². The summed E-state index contributed by atoms with van der Waals surface area (Å²) in [5.41, 5.74) is 0. The molecule has 2 aliphatic rings. The Kier molecular flexibility index (Phi) is 5.10. The fraction of sp³-hybridized carbons (Fsp3) is 0.923. The van der Waals surface area contributed by atoms with Crippen LogP contribution in [0.15, 0.2) is 4.99 Å². The first-order valence-electron chi connectivity index (χ1n) is 6.71. The lowest BCUT2D eigenvalue weighted by Crippen LogP contribution is -2.42. The first-order chi connectivity index (χ1) is 8.20. The second-order valence-corrected chi connectivity index (χ2v) is 7.66. The molecule has 0 amide bonds. The summed E-state index contributed by atoms with van der Waals surface area (Å²) in [4.78, 5) is 4.66. The van der Waals surface area contributed by atoms with Gasteiger partial charge in [-0.1, -0.05) is 38.5 Å². The van der Waals surface area contributed by atoms with E-state index in [-0.39, 0.29) is 0 Å². The predicted octanol–water partition coefficient (Wildman–Crippen LogP) is 3.38. The third-order valence-electron chi connectivity index (χ3n) is 3.74. The minimum atomic E-state index is 0.649. The predicted molar refractivity (Wildman–Crippen MR) is 81.2 cm³/mol. The molecule has 4 heteroatoms. The van der Waals surface area contributed by atoms with Gasteiger partial charge in [0.05, 0.1) is 6.54 Å². The second kappa shape index (κ2) is 6.37. The Morgan fingerprint density at radius 3 is 2.76 bits per heavy atom. The van der Waals surface area contributed by atoms with Gasteiger partial charge in [0.25, 0.3) is 0 Å². The topological polar surface area (TPSA) is 24.4 Å². The van der Waals surface area contributed by atoms with Crippen molar-refractivity contribution in [1.82, 2.24) is 5.32 Å². The summed E-state index contributed by atoms with van der Waals surface area (Å²) in [5.74, 6) is 0.728. The van der Waals surface area contributed by atoms with E-state index in [1.807, 2.05) is 23.5 Å². The fourth-order valence-corrected chi connectivity index (χ4v) is 4.53. The summed E-state index contributed by atoms with van der Waals surface area (Å²) in [6, 6.07) is 0.649. The van der Waals surface area contributed by atoms with E-state index in [1.54, 1.807) is 0 Å². The molecule has 3 atom stereocenters. The van der Waals surface area contributed by atoms with E-state index in [0.29, 0.717) is 11.3 Å². The lowest BCUT2D eigenvalue weighted by atomic mass is 9.95. The van der Waals surface area contributed by atoms with Crippen molar-refractivity contribution in [1.29, 1.82) is 0 Å². The number of hydrogen-bond donors (Lipinski definition) is 1. The molecule has 0 bridgehead atoms. The first-order valence-corrected chi connectivity index (χ1v) is 8.88. The van der Waals surface area contributed by atoms with Gasteiger partial charge in [-0.3, -0.25) is 4.99 Å². The summed E-state index contributed by atoms with van der Waals surface area (Å²) in [6.45, 7) is 5.59. The van der Waals surface area contributed by atoms with Gasteiger partial charge < -0.3 is 5.32 Å². The van der Waals surface area contributed by atoms with Crippen LogP contribution in [0.5, 0.6) is 0 Å². The van der Waals surface area contributed by atoms with E-state index < -0.39 is 0 Å². The second-order valence-electron chi connectivity index (χ2n) is 5.36. The molecule has 98 valence electrons. The molecular weight excluding hydrogens is 248 g/mol. The maximum absolute atomic E-state index is 4.66. The number of aliphatic imine (C=N–C) groups is 1. The number of rotatable bonds is 3. The highest BCUT2D eigenvalue weighted by atomic mass is 32.2. The van der Waals surface area contributed by atoms with Crippen LogP contribution in [0.25, 0.3) is 0 Å². The van der Waals surface area contributed by atoms with Gasteiger partial charge in [-0.2, -0.15) is 11.8 Å². The van der Waals surface area contributed by atoms with E-state index in [0.717, 1.165) is 17.7 Å². The maximum atomic E-state index is 4.66. The molecule has 3 unspecified atom stereocenters. The van der Waals surface area contributed by atoms with E-state index in [4.69, 9.17) is 0 Å². The minimum absolute atomic E-state index is 0.649. The first kappa shape index (κ1) is 13.6. The zero-order valence-electron chi connectivity index (χ0n) is 11.1. The van der Waals surface area contributed by atoms with Gasteiger partial charge in [0, 0.05) is 16.5 Å². The van der Waals surface area contributed by atoms with Gasteiger partial charge in [0.15, 0.2) is 5.17 Å². The lowest BCUT2D eigenvalue weighted by molar-refractivity contribution is 0.427. The normalized spacial score (nSPS) is 33.9. The molecular formula is C13H24N2S2. The van der Waals surface area contributed by atoms with Crippen molar-refractivity contribution in [2.24, 2.45) is 10.9 Å². The third-order valence-corrected chi connectivity index (χ3v) is 6.37. The molecule has 2 rings (SSSR count). The highest BCUT2D eigenvalue weighted by molar-refractivity contribution is 8.14. The Bertz CT molecular complexity index is 279. The quantitative estimate of drug-likeness (QED) is 0.852. The van der Waals surface area contributed by atoms with Crippen LogP contribution in [0.2, 0.25) is 0 Å². The molecule has 0 spiro atoms. The average Bonchev–Trinajstić information content (AvgIpc) is 2.78. The van der Waals surface area contributed by atoms with Crippen LogP contribution in [-0.2, 0) is 0 Å². The molecule has 17 heavy (non-hydrogen) atoms. The fourth-order valence-electron chi connectivity index (χ4n) is 2.52. The van der Waals surface area contributed by atoms with Crippen molar-refractivity contribution in [2.45, 2.75) is 56.1 Å². The van der Waals surface area contributed by atoms with Crippen LogP contribution >= 0.6 is 23.5 Å². The summed E-state index contributed by atoms with van der Waals surface area (Å²) in [6.07, 6.45) is 7.70. The van der Waals surface area contributed by atoms with Gasteiger partial charge in [-0.25, -0.2) is 0 Å². The summed E-state index contributed by atoms with van der Waals surface area (Å²) < 4.78 is 0. The smallest absolute Gasteiger partial charge is 0.157 e. The summed E-state index contributed by atoms with van der Waals surface area (Å²) in [7, 11) is 0. The molecule has 1 N–H and O–H groups in total. The monoisotopic (exact) mass is 272 g/mol. The maximum Gasteiger partial charge on any atom is 0.157 e. The van der Waals surface area contributed by atoms with Gasteiger partial charge in [-0.15, -0.1) is 0 Å².